The van der Waals surface area contributed by atoms with Crippen molar-refractivity contribution in [1.82, 2.24) is 4.98 Å². The summed E-state index contributed by atoms with van der Waals surface area (Å²) in [5.74, 6) is 0.852. The van der Waals surface area contributed by atoms with Gasteiger partial charge in [0.25, 0.3) is 0 Å². The molecule has 0 amide bonds. The molecule has 0 bridgehead atoms. The third-order valence-electron chi connectivity index (χ3n) is 5.21. The van der Waals surface area contributed by atoms with E-state index >= 15 is 0 Å². The summed E-state index contributed by atoms with van der Waals surface area (Å²) < 4.78 is 7.74. The number of hydrogen-bond donors (Lipinski definition) is 0. The summed E-state index contributed by atoms with van der Waals surface area (Å²) in [5, 5.41) is 0. The predicted molar refractivity (Wildman–Crippen MR) is 135 cm³/mol. The first-order chi connectivity index (χ1) is 15.8. The molecule has 4 heteroatoms. The number of para-hydroxylation sites is 2. The molecule has 0 saturated heterocycles. The Morgan fingerprint density at radius 2 is 1.34 bits per heavy atom. The van der Waals surface area contributed by atoms with Crippen LogP contribution in [-0.4, -0.2) is 26.6 Å². The van der Waals surface area contributed by atoms with E-state index < -0.39 is 0 Å². The Kier molecular flexibility index (Phi) is 5.89. The van der Waals surface area contributed by atoms with Crippen molar-refractivity contribution in [2.24, 2.45) is 0 Å². The molecule has 3 nitrogen and oxygen atoms in total. The molecule has 4 aromatic carbocycles. The SMILES string of the molecule is COc1ccc2[se]c(/C=C/c3ccc(N(c4ccccc4)c4ccccc4)cc3)nc2c1. The van der Waals surface area contributed by atoms with Crippen molar-refractivity contribution in [1.29, 1.82) is 0 Å². The van der Waals surface area contributed by atoms with Crippen LogP contribution in [0.2, 0.25) is 0 Å². The average Bonchev–Trinajstić information content (AvgIpc) is 3.27. The number of anilines is 3. The van der Waals surface area contributed by atoms with Crippen LogP contribution in [0.25, 0.3) is 21.9 Å². The second kappa shape index (κ2) is 9.27. The summed E-state index contributed by atoms with van der Waals surface area (Å²) in [6.45, 7) is 0. The van der Waals surface area contributed by atoms with Gasteiger partial charge in [-0.25, -0.2) is 0 Å². The molecule has 0 atom stereocenters. The summed E-state index contributed by atoms with van der Waals surface area (Å²) in [5.41, 5.74) is 5.58. The summed E-state index contributed by atoms with van der Waals surface area (Å²) in [6.07, 6.45) is 4.27. The van der Waals surface area contributed by atoms with Gasteiger partial charge in [0.1, 0.15) is 0 Å². The van der Waals surface area contributed by atoms with E-state index in [2.05, 4.69) is 95.9 Å². The number of nitrogens with zero attached hydrogens (tertiary/aromatic N) is 2. The van der Waals surface area contributed by atoms with Crippen LogP contribution < -0.4 is 9.64 Å². The maximum atomic E-state index is 5.31. The normalized spacial score (nSPS) is 11.2. The van der Waals surface area contributed by atoms with Crippen LogP contribution in [-0.2, 0) is 0 Å². The Morgan fingerprint density at radius 3 is 1.97 bits per heavy atom. The van der Waals surface area contributed by atoms with Gasteiger partial charge in [-0.15, -0.1) is 0 Å². The van der Waals surface area contributed by atoms with Crippen LogP contribution in [0.5, 0.6) is 5.75 Å². The number of aromatic nitrogens is 1. The minimum atomic E-state index is 0.232. The van der Waals surface area contributed by atoms with Gasteiger partial charge in [0.2, 0.25) is 0 Å². The molecular formula is C28H22N2OSe. The second-order valence-corrected chi connectivity index (χ2v) is 9.55. The van der Waals surface area contributed by atoms with Gasteiger partial charge in [0.15, 0.2) is 0 Å². The van der Waals surface area contributed by atoms with Crippen LogP contribution >= 0.6 is 0 Å². The minimum absolute atomic E-state index is 0.232. The van der Waals surface area contributed by atoms with Gasteiger partial charge in [-0.3, -0.25) is 0 Å². The fourth-order valence-corrected chi connectivity index (χ4v) is 5.41. The van der Waals surface area contributed by atoms with Crippen molar-refractivity contribution < 1.29 is 4.74 Å². The first kappa shape index (κ1) is 20.3. The van der Waals surface area contributed by atoms with Gasteiger partial charge in [-0.2, -0.15) is 0 Å². The maximum absolute atomic E-state index is 5.31. The molecule has 0 unspecified atom stereocenters. The molecule has 0 N–H and O–H groups in total. The molecule has 0 saturated carbocycles. The number of ether oxygens (including phenoxy) is 1. The van der Waals surface area contributed by atoms with Gasteiger partial charge in [0.05, 0.1) is 0 Å². The molecule has 0 spiro atoms. The Labute approximate surface area is 194 Å². The summed E-state index contributed by atoms with van der Waals surface area (Å²) in [6, 6.07) is 35.7. The zero-order valence-corrected chi connectivity index (χ0v) is 19.4. The average molecular weight is 481 g/mol. The molecule has 1 aromatic heterocycles. The molecule has 0 radical (unpaired) electrons. The third kappa shape index (κ3) is 4.38. The van der Waals surface area contributed by atoms with E-state index in [0.29, 0.717) is 0 Å². The number of rotatable bonds is 6. The summed E-state index contributed by atoms with van der Waals surface area (Å²) in [4.78, 5) is 7.04. The first-order valence-corrected chi connectivity index (χ1v) is 12.1. The standard InChI is InChI=1S/C28H22N2OSe/c1-31-25-17-18-27-26(20-25)29-28(32-27)19-14-21-12-15-24(16-13-21)30(22-8-4-2-5-9-22)23-10-6-3-7-11-23/h2-20H,1H3/b19-14+. The molecule has 0 aliphatic rings. The molecule has 5 aromatic rings. The summed E-state index contributed by atoms with van der Waals surface area (Å²) >= 11 is 0.232. The van der Waals surface area contributed by atoms with Crippen LogP contribution in [0.15, 0.2) is 103 Å². The van der Waals surface area contributed by atoms with Gasteiger partial charge in [-0.05, 0) is 0 Å². The van der Waals surface area contributed by atoms with E-state index in [9.17, 15) is 0 Å². The van der Waals surface area contributed by atoms with E-state index in [1.807, 2.05) is 24.3 Å². The molecule has 156 valence electrons. The topological polar surface area (TPSA) is 25.4 Å². The zero-order valence-electron chi connectivity index (χ0n) is 17.7. The van der Waals surface area contributed by atoms with Crippen molar-refractivity contribution in [3.05, 3.63) is 113 Å². The molecule has 5 rings (SSSR count). The van der Waals surface area contributed by atoms with E-state index in [0.717, 1.165) is 38.5 Å². The van der Waals surface area contributed by atoms with Crippen LogP contribution in [0.3, 0.4) is 0 Å². The predicted octanol–water partition coefficient (Wildman–Crippen LogP) is 6.94. The van der Waals surface area contributed by atoms with E-state index in [-0.39, 0.29) is 14.5 Å². The molecule has 32 heavy (non-hydrogen) atoms. The van der Waals surface area contributed by atoms with Crippen molar-refractivity contribution in [2.45, 2.75) is 0 Å². The quantitative estimate of drug-likeness (QED) is 0.246. The number of hydrogen-bond acceptors (Lipinski definition) is 3. The molecule has 1 heterocycles. The molecule has 0 aliphatic carbocycles. The monoisotopic (exact) mass is 482 g/mol. The fraction of sp³-hybridized carbons (Fsp3) is 0.0357. The zero-order chi connectivity index (χ0) is 21.8. The van der Waals surface area contributed by atoms with Crippen molar-refractivity contribution in [3.8, 4) is 5.75 Å². The van der Waals surface area contributed by atoms with Gasteiger partial charge in [0, 0.05) is 0 Å². The molecule has 0 fully saturated rings. The van der Waals surface area contributed by atoms with E-state index in [1.165, 1.54) is 4.26 Å². The van der Waals surface area contributed by atoms with Crippen LogP contribution in [0, 0.1) is 0 Å². The number of fused-ring (bicyclic) bond motifs is 1. The fourth-order valence-electron chi connectivity index (χ4n) is 3.63. The summed E-state index contributed by atoms with van der Waals surface area (Å²) in [7, 11) is 1.69. The van der Waals surface area contributed by atoms with Crippen molar-refractivity contribution in [3.63, 3.8) is 0 Å². The second-order valence-electron chi connectivity index (χ2n) is 7.32. The Morgan fingerprint density at radius 1 is 0.719 bits per heavy atom. The molecular weight excluding hydrogens is 459 g/mol. The van der Waals surface area contributed by atoms with E-state index in [4.69, 9.17) is 9.72 Å². The molecule has 0 aliphatic heterocycles. The van der Waals surface area contributed by atoms with Gasteiger partial charge < -0.3 is 0 Å². The van der Waals surface area contributed by atoms with Gasteiger partial charge in [-0.1, -0.05) is 0 Å². The van der Waals surface area contributed by atoms with Crippen molar-refractivity contribution in [2.75, 3.05) is 12.0 Å². The Balaban J connectivity index is 1.41. The third-order valence-corrected chi connectivity index (χ3v) is 7.31. The number of methoxy groups -OCH3 is 1. The number of benzene rings is 4. The van der Waals surface area contributed by atoms with E-state index in [1.54, 1.807) is 7.11 Å². The van der Waals surface area contributed by atoms with Crippen LogP contribution in [0.4, 0.5) is 17.1 Å². The first-order valence-electron chi connectivity index (χ1n) is 10.4. The van der Waals surface area contributed by atoms with Gasteiger partial charge >= 0.3 is 194 Å². The van der Waals surface area contributed by atoms with Crippen molar-refractivity contribution >= 4 is 53.5 Å². The Hall–Kier alpha value is -3.59. The Bertz CT molecular complexity index is 1300. The van der Waals surface area contributed by atoms with Crippen LogP contribution in [0.1, 0.15) is 10.1 Å².